The second-order valence-electron chi connectivity index (χ2n) is 5.22. The fourth-order valence-corrected chi connectivity index (χ4v) is 2.68. The molecular weight excluding hydrogens is 226 g/mol. The standard InChI is InChI=1S/C15H23NO2/c1-3-15(18)13-6-4-5-7-14(13)16-9-8-12(10-16)11(2)17/h4-7,11-12,15,17-18H,3,8-10H2,1-2H3/t11?,12?,15-/m0/s1. The Bertz CT molecular complexity index is 392. The highest BCUT2D eigenvalue weighted by molar-refractivity contribution is 5.55. The van der Waals surface area contributed by atoms with Gasteiger partial charge in [-0.1, -0.05) is 25.1 Å². The SMILES string of the molecule is CC[C@H](O)c1ccccc1N1CCC(C(C)O)C1. The summed E-state index contributed by atoms with van der Waals surface area (Å²) in [5, 5.41) is 19.7. The molecule has 1 heterocycles. The number of hydrogen-bond donors (Lipinski definition) is 2. The van der Waals surface area contributed by atoms with Gasteiger partial charge in [-0.2, -0.15) is 0 Å². The van der Waals surface area contributed by atoms with E-state index in [0.717, 1.165) is 37.2 Å². The van der Waals surface area contributed by atoms with Gasteiger partial charge in [-0.3, -0.25) is 0 Å². The third-order valence-corrected chi connectivity index (χ3v) is 3.93. The number of rotatable bonds is 4. The maximum atomic E-state index is 10.1. The van der Waals surface area contributed by atoms with Crippen LogP contribution in [0.25, 0.3) is 0 Å². The molecule has 1 saturated heterocycles. The van der Waals surface area contributed by atoms with Gasteiger partial charge in [0.1, 0.15) is 0 Å². The molecule has 3 nitrogen and oxygen atoms in total. The van der Waals surface area contributed by atoms with Crippen LogP contribution < -0.4 is 4.90 Å². The molecule has 1 aliphatic heterocycles. The van der Waals surface area contributed by atoms with Gasteiger partial charge in [0.15, 0.2) is 0 Å². The van der Waals surface area contributed by atoms with Crippen molar-refractivity contribution in [3.05, 3.63) is 29.8 Å². The van der Waals surface area contributed by atoms with Crippen molar-refractivity contribution in [2.24, 2.45) is 5.92 Å². The van der Waals surface area contributed by atoms with Crippen molar-refractivity contribution in [2.45, 2.75) is 38.9 Å². The van der Waals surface area contributed by atoms with Crippen LogP contribution in [0.5, 0.6) is 0 Å². The van der Waals surface area contributed by atoms with Gasteiger partial charge >= 0.3 is 0 Å². The Hall–Kier alpha value is -1.06. The first-order chi connectivity index (χ1) is 8.63. The van der Waals surface area contributed by atoms with Crippen LogP contribution in [0.3, 0.4) is 0 Å². The Labute approximate surface area is 109 Å². The van der Waals surface area contributed by atoms with E-state index in [1.54, 1.807) is 0 Å². The summed E-state index contributed by atoms with van der Waals surface area (Å²) in [5.41, 5.74) is 2.13. The summed E-state index contributed by atoms with van der Waals surface area (Å²) >= 11 is 0. The average Bonchev–Trinajstić information content (AvgIpc) is 2.87. The zero-order valence-corrected chi connectivity index (χ0v) is 11.2. The third-order valence-electron chi connectivity index (χ3n) is 3.93. The van der Waals surface area contributed by atoms with Crippen molar-refractivity contribution in [1.29, 1.82) is 0 Å². The fourth-order valence-electron chi connectivity index (χ4n) is 2.68. The Morgan fingerprint density at radius 1 is 1.33 bits per heavy atom. The van der Waals surface area contributed by atoms with Gasteiger partial charge in [-0.15, -0.1) is 0 Å². The van der Waals surface area contributed by atoms with Crippen LogP contribution >= 0.6 is 0 Å². The lowest BCUT2D eigenvalue weighted by molar-refractivity contribution is 0.136. The quantitative estimate of drug-likeness (QED) is 0.861. The molecule has 100 valence electrons. The number of para-hydroxylation sites is 1. The Morgan fingerprint density at radius 2 is 2.06 bits per heavy atom. The van der Waals surface area contributed by atoms with E-state index in [2.05, 4.69) is 11.0 Å². The van der Waals surface area contributed by atoms with Crippen LogP contribution in [0.4, 0.5) is 5.69 Å². The third kappa shape index (κ3) is 2.68. The van der Waals surface area contributed by atoms with Gasteiger partial charge in [0.2, 0.25) is 0 Å². The van der Waals surface area contributed by atoms with Crippen LogP contribution in [0.2, 0.25) is 0 Å². The number of benzene rings is 1. The fraction of sp³-hybridized carbons (Fsp3) is 0.600. The molecule has 1 aromatic carbocycles. The lowest BCUT2D eigenvalue weighted by Crippen LogP contribution is -2.25. The van der Waals surface area contributed by atoms with Crippen LogP contribution in [-0.2, 0) is 0 Å². The zero-order valence-electron chi connectivity index (χ0n) is 11.2. The normalized spacial score (nSPS) is 23.1. The van der Waals surface area contributed by atoms with E-state index in [1.807, 2.05) is 32.0 Å². The molecule has 1 aliphatic rings. The van der Waals surface area contributed by atoms with E-state index >= 15 is 0 Å². The Kier molecular flexibility index (Phi) is 4.25. The summed E-state index contributed by atoms with van der Waals surface area (Å²) in [5.74, 6) is 0.344. The summed E-state index contributed by atoms with van der Waals surface area (Å²) in [6.45, 7) is 5.69. The molecule has 2 unspecified atom stereocenters. The first-order valence-corrected chi connectivity index (χ1v) is 6.83. The van der Waals surface area contributed by atoms with E-state index < -0.39 is 6.10 Å². The molecule has 18 heavy (non-hydrogen) atoms. The predicted octanol–water partition coefficient (Wildman–Crippen LogP) is 2.34. The Balaban J connectivity index is 2.19. The lowest BCUT2D eigenvalue weighted by Gasteiger charge is -2.24. The van der Waals surface area contributed by atoms with Crippen LogP contribution in [0.15, 0.2) is 24.3 Å². The molecule has 0 aliphatic carbocycles. The molecule has 0 radical (unpaired) electrons. The number of hydrogen-bond acceptors (Lipinski definition) is 3. The van der Waals surface area contributed by atoms with Gasteiger partial charge in [0.25, 0.3) is 0 Å². The van der Waals surface area contributed by atoms with Gasteiger partial charge in [0.05, 0.1) is 12.2 Å². The van der Waals surface area contributed by atoms with Crippen molar-refractivity contribution in [3.63, 3.8) is 0 Å². The highest BCUT2D eigenvalue weighted by Crippen LogP contribution is 2.32. The summed E-state index contributed by atoms with van der Waals surface area (Å²) in [7, 11) is 0. The summed E-state index contributed by atoms with van der Waals surface area (Å²) in [6, 6.07) is 8.05. The van der Waals surface area contributed by atoms with Gasteiger partial charge < -0.3 is 15.1 Å². The molecular formula is C15H23NO2. The molecule has 0 bridgehead atoms. The minimum atomic E-state index is -0.396. The smallest absolute Gasteiger partial charge is 0.0807 e. The predicted molar refractivity (Wildman–Crippen MR) is 73.7 cm³/mol. The topological polar surface area (TPSA) is 43.7 Å². The number of nitrogens with zero attached hydrogens (tertiary/aromatic N) is 1. The second kappa shape index (κ2) is 5.72. The lowest BCUT2D eigenvalue weighted by atomic mass is 10.0. The van der Waals surface area contributed by atoms with E-state index in [1.165, 1.54) is 0 Å². The van der Waals surface area contributed by atoms with E-state index in [4.69, 9.17) is 0 Å². The second-order valence-corrected chi connectivity index (χ2v) is 5.22. The maximum absolute atomic E-state index is 10.1. The Morgan fingerprint density at radius 3 is 2.67 bits per heavy atom. The molecule has 1 fully saturated rings. The summed E-state index contributed by atoms with van der Waals surface area (Å²) in [6.07, 6.45) is 1.10. The van der Waals surface area contributed by atoms with Crippen LogP contribution in [0.1, 0.15) is 38.4 Å². The van der Waals surface area contributed by atoms with E-state index in [0.29, 0.717) is 5.92 Å². The zero-order chi connectivity index (χ0) is 13.1. The van der Waals surface area contributed by atoms with E-state index in [9.17, 15) is 10.2 Å². The molecule has 0 spiro atoms. The molecule has 2 N–H and O–H groups in total. The van der Waals surface area contributed by atoms with Crippen LogP contribution in [-0.4, -0.2) is 29.4 Å². The van der Waals surface area contributed by atoms with Gasteiger partial charge in [0, 0.05) is 30.3 Å². The minimum absolute atomic E-state index is 0.252. The summed E-state index contributed by atoms with van der Waals surface area (Å²) < 4.78 is 0. The van der Waals surface area contributed by atoms with Gasteiger partial charge in [-0.05, 0) is 25.8 Å². The highest BCUT2D eigenvalue weighted by atomic mass is 16.3. The molecule has 2 rings (SSSR count). The largest absolute Gasteiger partial charge is 0.393 e. The van der Waals surface area contributed by atoms with Gasteiger partial charge in [-0.25, -0.2) is 0 Å². The first-order valence-electron chi connectivity index (χ1n) is 6.83. The molecule has 0 saturated carbocycles. The highest BCUT2D eigenvalue weighted by Gasteiger charge is 2.27. The first kappa shape index (κ1) is 13.4. The monoisotopic (exact) mass is 249 g/mol. The number of anilines is 1. The van der Waals surface area contributed by atoms with Crippen molar-refractivity contribution < 1.29 is 10.2 Å². The molecule has 3 atom stereocenters. The van der Waals surface area contributed by atoms with Crippen molar-refractivity contribution in [1.82, 2.24) is 0 Å². The summed E-state index contributed by atoms with van der Waals surface area (Å²) in [4.78, 5) is 2.28. The van der Waals surface area contributed by atoms with Crippen molar-refractivity contribution in [2.75, 3.05) is 18.0 Å². The maximum Gasteiger partial charge on any atom is 0.0807 e. The minimum Gasteiger partial charge on any atom is -0.393 e. The van der Waals surface area contributed by atoms with Crippen molar-refractivity contribution in [3.8, 4) is 0 Å². The van der Waals surface area contributed by atoms with Crippen molar-refractivity contribution >= 4 is 5.69 Å². The molecule has 3 heteroatoms. The molecule has 0 aromatic heterocycles. The molecule has 1 aromatic rings. The average molecular weight is 249 g/mol. The molecule has 0 amide bonds. The number of aliphatic hydroxyl groups excluding tert-OH is 2. The van der Waals surface area contributed by atoms with E-state index in [-0.39, 0.29) is 6.10 Å². The number of aliphatic hydroxyl groups is 2. The van der Waals surface area contributed by atoms with Crippen LogP contribution in [0, 0.1) is 5.92 Å².